The third-order valence-electron chi connectivity index (χ3n) is 4.37. The molecule has 1 N–H and O–H groups in total. The number of hydrogen-bond donors (Lipinski definition) is 1. The van der Waals surface area contributed by atoms with Gasteiger partial charge in [0.05, 0.1) is 11.6 Å². The number of anilines is 1. The fourth-order valence-electron chi connectivity index (χ4n) is 3.10. The zero-order chi connectivity index (χ0) is 17.4. The highest BCUT2D eigenvalue weighted by Gasteiger charge is 2.27. The summed E-state index contributed by atoms with van der Waals surface area (Å²) < 4.78 is 45.0. The van der Waals surface area contributed by atoms with Gasteiger partial charge in [-0.1, -0.05) is 5.16 Å². The predicted molar refractivity (Wildman–Crippen MR) is 84.6 cm³/mol. The lowest BCUT2D eigenvalue weighted by atomic mass is 9.97. The number of hydrogen-bond acceptors (Lipinski definition) is 4. The fourth-order valence-corrected chi connectivity index (χ4v) is 3.10. The Morgan fingerprint density at radius 2 is 2.04 bits per heavy atom. The third kappa shape index (κ3) is 3.11. The molecule has 0 spiro atoms. The quantitative estimate of drug-likeness (QED) is 0.781. The molecule has 1 aliphatic heterocycles. The summed E-state index contributed by atoms with van der Waals surface area (Å²) in [5, 5.41) is 3.89. The third-order valence-corrected chi connectivity index (χ3v) is 4.37. The standard InChI is InChI=1S/C17H15F3N4O/c18-11-6-15(21-8-11)16-22-17(25-23-16)10-2-1-5-24(9-10)12-3-4-13(19)14(20)7-12/h3-4,6-8,10,21H,1-2,5,9H2/t10-/m0/s1. The Balaban J connectivity index is 1.53. The Morgan fingerprint density at radius 1 is 1.16 bits per heavy atom. The van der Waals surface area contributed by atoms with Gasteiger partial charge < -0.3 is 14.4 Å². The van der Waals surface area contributed by atoms with Gasteiger partial charge in [-0.2, -0.15) is 4.98 Å². The lowest BCUT2D eigenvalue weighted by Gasteiger charge is -2.32. The Bertz CT molecular complexity index is 892. The topological polar surface area (TPSA) is 58.0 Å². The smallest absolute Gasteiger partial charge is 0.231 e. The van der Waals surface area contributed by atoms with E-state index in [0.717, 1.165) is 25.5 Å². The molecule has 3 heterocycles. The SMILES string of the molecule is Fc1c[nH]c(-c2noc([C@H]3CCCN(c4ccc(F)c(F)c4)C3)n2)c1. The van der Waals surface area contributed by atoms with E-state index < -0.39 is 17.5 Å². The van der Waals surface area contributed by atoms with E-state index in [2.05, 4.69) is 15.1 Å². The molecule has 4 rings (SSSR count). The van der Waals surface area contributed by atoms with E-state index in [9.17, 15) is 13.2 Å². The van der Waals surface area contributed by atoms with Crippen molar-refractivity contribution in [1.82, 2.24) is 15.1 Å². The first-order chi connectivity index (χ1) is 12.1. The van der Waals surface area contributed by atoms with Crippen molar-refractivity contribution in [1.29, 1.82) is 0 Å². The normalized spacial score (nSPS) is 17.9. The van der Waals surface area contributed by atoms with Crippen LogP contribution in [0.1, 0.15) is 24.7 Å². The Morgan fingerprint density at radius 3 is 2.80 bits per heavy atom. The van der Waals surface area contributed by atoms with Crippen molar-refractivity contribution in [2.75, 3.05) is 18.0 Å². The van der Waals surface area contributed by atoms with Crippen molar-refractivity contribution < 1.29 is 17.7 Å². The molecule has 0 radical (unpaired) electrons. The van der Waals surface area contributed by atoms with Crippen molar-refractivity contribution in [3.8, 4) is 11.5 Å². The van der Waals surface area contributed by atoms with Gasteiger partial charge in [-0.05, 0) is 25.0 Å². The molecule has 5 nitrogen and oxygen atoms in total. The van der Waals surface area contributed by atoms with Crippen LogP contribution in [0, 0.1) is 17.5 Å². The maximum atomic E-state index is 13.5. The summed E-state index contributed by atoms with van der Waals surface area (Å²) in [6.45, 7) is 1.30. The monoisotopic (exact) mass is 348 g/mol. The summed E-state index contributed by atoms with van der Waals surface area (Å²) in [5.41, 5.74) is 1.07. The van der Waals surface area contributed by atoms with Crippen LogP contribution >= 0.6 is 0 Å². The number of nitrogens with one attached hydrogen (secondary N) is 1. The molecule has 0 aliphatic carbocycles. The molecule has 8 heteroatoms. The first-order valence-corrected chi connectivity index (χ1v) is 7.98. The van der Waals surface area contributed by atoms with Crippen molar-refractivity contribution in [3.05, 3.63) is 53.8 Å². The molecule has 1 aromatic carbocycles. The highest BCUT2D eigenvalue weighted by molar-refractivity contribution is 5.49. The second kappa shape index (κ2) is 6.27. The highest BCUT2D eigenvalue weighted by atomic mass is 19.2. The number of benzene rings is 1. The van der Waals surface area contributed by atoms with E-state index >= 15 is 0 Å². The van der Waals surface area contributed by atoms with Crippen LogP contribution in [0.4, 0.5) is 18.9 Å². The van der Waals surface area contributed by atoms with E-state index in [0.29, 0.717) is 29.6 Å². The number of nitrogens with zero attached hydrogens (tertiary/aromatic N) is 3. The van der Waals surface area contributed by atoms with E-state index in [1.165, 1.54) is 18.3 Å². The van der Waals surface area contributed by atoms with E-state index in [4.69, 9.17) is 4.52 Å². The molecule has 0 bridgehead atoms. The zero-order valence-corrected chi connectivity index (χ0v) is 13.2. The lowest BCUT2D eigenvalue weighted by Crippen LogP contribution is -2.34. The molecule has 0 unspecified atom stereocenters. The van der Waals surface area contributed by atoms with Crippen LogP contribution < -0.4 is 4.90 Å². The molecule has 2 aromatic heterocycles. The Hall–Kier alpha value is -2.77. The average Bonchev–Trinajstić information content (AvgIpc) is 3.26. The van der Waals surface area contributed by atoms with Crippen LogP contribution in [-0.4, -0.2) is 28.2 Å². The molecule has 25 heavy (non-hydrogen) atoms. The molecule has 3 aromatic rings. The van der Waals surface area contributed by atoms with Gasteiger partial charge in [0.2, 0.25) is 11.7 Å². The minimum absolute atomic E-state index is 0.0251. The molecule has 1 aliphatic rings. The molecule has 130 valence electrons. The number of piperidine rings is 1. The molecule has 0 amide bonds. The molecule has 1 saturated heterocycles. The summed E-state index contributed by atoms with van der Waals surface area (Å²) >= 11 is 0. The Kier molecular flexibility index (Phi) is 3.95. The number of H-pyrrole nitrogens is 1. The van der Waals surface area contributed by atoms with Gasteiger partial charge in [0.15, 0.2) is 11.6 Å². The number of halogens is 3. The van der Waals surface area contributed by atoms with Crippen molar-refractivity contribution in [2.24, 2.45) is 0 Å². The van der Waals surface area contributed by atoms with Crippen LogP contribution in [0.5, 0.6) is 0 Å². The van der Waals surface area contributed by atoms with Crippen LogP contribution in [0.2, 0.25) is 0 Å². The number of aromatic nitrogens is 3. The average molecular weight is 348 g/mol. The van der Waals surface area contributed by atoms with Crippen LogP contribution in [0.3, 0.4) is 0 Å². The summed E-state index contributed by atoms with van der Waals surface area (Å²) in [5.74, 6) is -1.40. The van der Waals surface area contributed by atoms with E-state index in [1.54, 1.807) is 6.07 Å². The molecule has 0 saturated carbocycles. The van der Waals surface area contributed by atoms with Crippen LogP contribution in [-0.2, 0) is 0 Å². The lowest BCUT2D eigenvalue weighted by molar-refractivity contribution is 0.333. The zero-order valence-electron chi connectivity index (χ0n) is 13.2. The maximum absolute atomic E-state index is 13.5. The number of aromatic amines is 1. The highest BCUT2D eigenvalue weighted by Crippen LogP contribution is 2.30. The largest absolute Gasteiger partial charge is 0.371 e. The summed E-state index contributed by atoms with van der Waals surface area (Å²) in [6, 6.07) is 5.17. The van der Waals surface area contributed by atoms with Gasteiger partial charge in [-0.15, -0.1) is 0 Å². The van der Waals surface area contributed by atoms with Crippen LogP contribution in [0.15, 0.2) is 35.0 Å². The molecular weight excluding hydrogens is 333 g/mol. The van der Waals surface area contributed by atoms with Gasteiger partial charge >= 0.3 is 0 Å². The second-order valence-corrected chi connectivity index (χ2v) is 6.07. The first kappa shape index (κ1) is 15.7. The summed E-state index contributed by atoms with van der Waals surface area (Å²) in [6.07, 6.45) is 2.93. The predicted octanol–water partition coefficient (Wildman–Crippen LogP) is 3.87. The van der Waals surface area contributed by atoms with E-state index in [-0.39, 0.29) is 5.92 Å². The fraction of sp³-hybridized carbons (Fsp3) is 0.294. The second-order valence-electron chi connectivity index (χ2n) is 6.07. The molecule has 1 fully saturated rings. The van der Waals surface area contributed by atoms with Gasteiger partial charge in [0, 0.05) is 37.1 Å². The molecular formula is C17H15F3N4O. The van der Waals surface area contributed by atoms with E-state index in [1.807, 2.05) is 4.90 Å². The van der Waals surface area contributed by atoms with Crippen LogP contribution in [0.25, 0.3) is 11.5 Å². The maximum Gasteiger partial charge on any atom is 0.231 e. The van der Waals surface area contributed by atoms with Crippen molar-refractivity contribution >= 4 is 5.69 Å². The first-order valence-electron chi connectivity index (χ1n) is 7.98. The summed E-state index contributed by atoms with van der Waals surface area (Å²) in [7, 11) is 0. The number of rotatable bonds is 3. The van der Waals surface area contributed by atoms with Crippen molar-refractivity contribution in [2.45, 2.75) is 18.8 Å². The van der Waals surface area contributed by atoms with Gasteiger partial charge in [0.1, 0.15) is 5.82 Å². The van der Waals surface area contributed by atoms with Gasteiger partial charge in [-0.25, -0.2) is 13.2 Å². The van der Waals surface area contributed by atoms with Gasteiger partial charge in [-0.3, -0.25) is 0 Å². The summed E-state index contributed by atoms with van der Waals surface area (Å²) in [4.78, 5) is 9.04. The minimum atomic E-state index is -0.867. The molecule has 1 atom stereocenters. The van der Waals surface area contributed by atoms with Crippen molar-refractivity contribution in [3.63, 3.8) is 0 Å². The minimum Gasteiger partial charge on any atom is -0.371 e. The Labute approximate surface area is 141 Å². The van der Waals surface area contributed by atoms with Gasteiger partial charge in [0.25, 0.3) is 0 Å².